The third kappa shape index (κ3) is 1.60. The van der Waals surface area contributed by atoms with Gasteiger partial charge in [0.15, 0.2) is 0 Å². The molecule has 3 heteroatoms. The number of hydrogen-bond acceptors (Lipinski definition) is 3. The molecular weight excluding hydrogens is 166 g/mol. The quantitative estimate of drug-likeness (QED) is 0.756. The average molecular weight is 175 g/mol. The molecule has 3 nitrogen and oxygen atoms in total. The highest BCUT2D eigenvalue weighted by atomic mass is 16.3. The van der Waals surface area contributed by atoms with E-state index in [4.69, 9.17) is 4.42 Å². The maximum Gasteiger partial charge on any atom is 0.107 e. The lowest BCUT2D eigenvalue weighted by molar-refractivity contribution is 0.219. The number of aliphatic hydroxyl groups is 1. The van der Waals surface area contributed by atoms with Crippen LogP contribution in [0.3, 0.4) is 0 Å². The molecule has 0 amide bonds. The van der Waals surface area contributed by atoms with Crippen molar-refractivity contribution in [1.29, 1.82) is 0 Å². The lowest BCUT2D eigenvalue weighted by atomic mass is 10.1. The van der Waals surface area contributed by atoms with E-state index >= 15 is 0 Å². The maximum absolute atomic E-state index is 9.79. The summed E-state index contributed by atoms with van der Waals surface area (Å²) in [6.45, 7) is 0. The minimum absolute atomic E-state index is 0.623. The largest absolute Gasteiger partial charge is 0.472 e. The molecule has 0 saturated carbocycles. The van der Waals surface area contributed by atoms with Crippen LogP contribution in [0.5, 0.6) is 0 Å². The van der Waals surface area contributed by atoms with Crippen LogP contribution in [0.15, 0.2) is 47.5 Å². The molecule has 2 heterocycles. The normalized spacial score (nSPS) is 12.7. The van der Waals surface area contributed by atoms with Crippen molar-refractivity contribution in [3.63, 3.8) is 0 Å². The Kier molecular flexibility index (Phi) is 2.10. The van der Waals surface area contributed by atoms with Crippen molar-refractivity contribution in [2.45, 2.75) is 6.10 Å². The van der Waals surface area contributed by atoms with Gasteiger partial charge in [-0.3, -0.25) is 4.98 Å². The summed E-state index contributed by atoms with van der Waals surface area (Å²) in [5.41, 5.74) is 1.57. The molecule has 66 valence electrons. The lowest BCUT2D eigenvalue weighted by Crippen LogP contribution is -1.97. The molecule has 0 aliphatic rings. The molecule has 0 bridgehead atoms. The van der Waals surface area contributed by atoms with Crippen LogP contribution in [0.25, 0.3) is 0 Å². The predicted octanol–water partition coefficient (Wildman–Crippen LogP) is 1.76. The molecular formula is C10H9NO2. The first kappa shape index (κ1) is 8.01. The molecule has 0 aliphatic heterocycles. The van der Waals surface area contributed by atoms with Gasteiger partial charge in [-0.15, -0.1) is 0 Å². The van der Waals surface area contributed by atoms with Crippen molar-refractivity contribution >= 4 is 0 Å². The smallest absolute Gasteiger partial charge is 0.107 e. The van der Waals surface area contributed by atoms with Gasteiger partial charge >= 0.3 is 0 Å². The third-order valence-electron chi connectivity index (χ3n) is 1.88. The second kappa shape index (κ2) is 3.41. The Bertz CT molecular complexity index is 356. The molecule has 0 saturated heterocycles. The zero-order valence-corrected chi connectivity index (χ0v) is 6.92. The first-order valence-corrected chi connectivity index (χ1v) is 3.98. The van der Waals surface area contributed by atoms with Gasteiger partial charge in [0.25, 0.3) is 0 Å². The summed E-state index contributed by atoms with van der Waals surface area (Å²) < 4.78 is 4.88. The van der Waals surface area contributed by atoms with Crippen LogP contribution in [-0.4, -0.2) is 10.1 Å². The summed E-state index contributed by atoms with van der Waals surface area (Å²) in [6, 6.07) is 5.29. The molecule has 1 atom stereocenters. The van der Waals surface area contributed by atoms with Gasteiger partial charge in [-0.2, -0.15) is 0 Å². The molecule has 0 fully saturated rings. The van der Waals surface area contributed by atoms with Gasteiger partial charge in [-0.1, -0.05) is 0 Å². The molecule has 0 spiro atoms. The lowest BCUT2D eigenvalue weighted by Gasteiger charge is -2.06. The molecule has 2 rings (SSSR count). The van der Waals surface area contributed by atoms with Crippen LogP contribution in [0.4, 0.5) is 0 Å². The van der Waals surface area contributed by atoms with Crippen molar-refractivity contribution in [3.8, 4) is 0 Å². The second-order valence-corrected chi connectivity index (χ2v) is 2.74. The zero-order chi connectivity index (χ0) is 9.10. The van der Waals surface area contributed by atoms with Crippen LogP contribution < -0.4 is 0 Å². The van der Waals surface area contributed by atoms with Gasteiger partial charge < -0.3 is 9.52 Å². The minimum Gasteiger partial charge on any atom is -0.472 e. The molecule has 0 aromatic carbocycles. The first-order valence-electron chi connectivity index (χ1n) is 3.98. The first-order chi connectivity index (χ1) is 6.38. The van der Waals surface area contributed by atoms with E-state index in [2.05, 4.69) is 4.98 Å². The standard InChI is InChI=1S/C10H9NO2/c12-10(9-3-6-13-7-9)8-1-4-11-5-2-8/h1-7,10,12H. The van der Waals surface area contributed by atoms with Crippen molar-refractivity contribution < 1.29 is 9.52 Å². The molecule has 2 aromatic heterocycles. The highest BCUT2D eigenvalue weighted by Gasteiger charge is 2.10. The monoisotopic (exact) mass is 175 g/mol. The Morgan fingerprint density at radius 3 is 2.54 bits per heavy atom. The highest BCUT2D eigenvalue weighted by Crippen LogP contribution is 2.20. The van der Waals surface area contributed by atoms with E-state index in [-0.39, 0.29) is 0 Å². The number of rotatable bonds is 2. The topological polar surface area (TPSA) is 46.3 Å². The van der Waals surface area contributed by atoms with Crippen molar-refractivity contribution in [3.05, 3.63) is 54.2 Å². The third-order valence-corrected chi connectivity index (χ3v) is 1.88. The number of furan rings is 1. The second-order valence-electron chi connectivity index (χ2n) is 2.74. The number of nitrogens with zero attached hydrogens (tertiary/aromatic N) is 1. The van der Waals surface area contributed by atoms with Crippen molar-refractivity contribution in [2.24, 2.45) is 0 Å². The zero-order valence-electron chi connectivity index (χ0n) is 6.92. The summed E-state index contributed by atoms with van der Waals surface area (Å²) in [6.07, 6.45) is 5.75. The molecule has 1 N–H and O–H groups in total. The van der Waals surface area contributed by atoms with Gasteiger partial charge in [0.05, 0.1) is 12.5 Å². The van der Waals surface area contributed by atoms with Crippen LogP contribution in [0.2, 0.25) is 0 Å². The van der Waals surface area contributed by atoms with Gasteiger partial charge in [-0.25, -0.2) is 0 Å². The Morgan fingerprint density at radius 1 is 1.15 bits per heavy atom. The fourth-order valence-corrected chi connectivity index (χ4v) is 1.17. The van der Waals surface area contributed by atoms with E-state index in [0.717, 1.165) is 11.1 Å². The number of aliphatic hydroxyl groups excluding tert-OH is 1. The Labute approximate surface area is 75.7 Å². The molecule has 13 heavy (non-hydrogen) atoms. The van der Waals surface area contributed by atoms with Crippen LogP contribution in [0, 0.1) is 0 Å². The van der Waals surface area contributed by atoms with Gasteiger partial charge in [-0.05, 0) is 23.8 Å². The van der Waals surface area contributed by atoms with E-state index in [0.29, 0.717) is 0 Å². The molecule has 0 radical (unpaired) electrons. The van der Waals surface area contributed by atoms with E-state index < -0.39 is 6.10 Å². The molecule has 0 aliphatic carbocycles. The average Bonchev–Trinajstić information content (AvgIpc) is 2.71. The maximum atomic E-state index is 9.79. The summed E-state index contributed by atoms with van der Waals surface area (Å²) in [5.74, 6) is 0. The van der Waals surface area contributed by atoms with E-state index in [1.165, 1.54) is 6.26 Å². The van der Waals surface area contributed by atoms with Gasteiger partial charge in [0, 0.05) is 18.0 Å². The number of pyridine rings is 1. The molecule has 1 unspecified atom stereocenters. The SMILES string of the molecule is OC(c1ccncc1)c1ccoc1. The minimum atomic E-state index is -0.623. The van der Waals surface area contributed by atoms with Crippen LogP contribution in [0.1, 0.15) is 17.2 Å². The Hall–Kier alpha value is -1.61. The number of aromatic nitrogens is 1. The van der Waals surface area contributed by atoms with Crippen molar-refractivity contribution in [1.82, 2.24) is 4.98 Å². The Balaban J connectivity index is 2.29. The molecule has 2 aromatic rings. The van der Waals surface area contributed by atoms with E-state index in [9.17, 15) is 5.11 Å². The summed E-state index contributed by atoms with van der Waals surface area (Å²) >= 11 is 0. The van der Waals surface area contributed by atoms with Gasteiger partial charge in [0.1, 0.15) is 6.10 Å². The Morgan fingerprint density at radius 2 is 1.92 bits per heavy atom. The van der Waals surface area contributed by atoms with Gasteiger partial charge in [0.2, 0.25) is 0 Å². The summed E-state index contributed by atoms with van der Waals surface area (Å²) in [7, 11) is 0. The van der Waals surface area contributed by atoms with Crippen LogP contribution in [-0.2, 0) is 0 Å². The fourth-order valence-electron chi connectivity index (χ4n) is 1.17. The van der Waals surface area contributed by atoms with Crippen molar-refractivity contribution in [2.75, 3.05) is 0 Å². The predicted molar refractivity (Wildman–Crippen MR) is 47.0 cm³/mol. The van der Waals surface area contributed by atoms with E-state index in [1.54, 1.807) is 36.9 Å². The van der Waals surface area contributed by atoms with Crippen LogP contribution >= 0.6 is 0 Å². The highest BCUT2D eigenvalue weighted by molar-refractivity contribution is 5.24. The summed E-state index contributed by atoms with van der Waals surface area (Å²) in [4.78, 5) is 3.87. The summed E-state index contributed by atoms with van der Waals surface area (Å²) in [5, 5.41) is 9.79. The fraction of sp³-hybridized carbons (Fsp3) is 0.100. The van der Waals surface area contributed by atoms with E-state index in [1.807, 2.05) is 0 Å². The number of hydrogen-bond donors (Lipinski definition) is 1.